The van der Waals surface area contributed by atoms with Gasteiger partial charge < -0.3 is 14.3 Å². The fraction of sp³-hybridized carbons (Fsp3) is 0.421. The summed E-state index contributed by atoms with van der Waals surface area (Å²) in [5, 5.41) is 13.6. The molecular weight excluding hydrogens is 376 g/mol. The van der Waals surface area contributed by atoms with Gasteiger partial charge in [-0.1, -0.05) is 6.07 Å². The fourth-order valence-corrected chi connectivity index (χ4v) is 4.66. The van der Waals surface area contributed by atoms with Crippen LogP contribution in [0.25, 0.3) is 0 Å². The molecular formula is C19H22N6O2S. The lowest BCUT2D eigenvalue weighted by Gasteiger charge is -2.43. The van der Waals surface area contributed by atoms with Gasteiger partial charge in [0.15, 0.2) is 5.82 Å². The number of hydrogen-bond donors (Lipinski definition) is 1. The van der Waals surface area contributed by atoms with Gasteiger partial charge in [-0.2, -0.15) is 0 Å². The highest BCUT2D eigenvalue weighted by molar-refractivity contribution is 7.09. The highest BCUT2D eigenvalue weighted by Gasteiger charge is 2.36. The first-order valence-corrected chi connectivity index (χ1v) is 10.4. The van der Waals surface area contributed by atoms with Crippen LogP contribution in [0.1, 0.15) is 32.9 Å². The molecule has 1 saturated heterocycles. The van der Waals surface area contributed by atoms with Crippen molar-refractivity contribution >= 4 is 17.2 Å². The zero-order valence-electron chi connectivity index (χ0n) is 15.5. The lowest BCUT2D eigenvalue weighted by molar-refractivity contribution is 0.0457. The molecule has 8 nitrogen and oxygen atoms in total. The molecule has 146 valence electrons. The van der Waals surface area contributed by atoms with Crippen LogP contribution in [0.15, 0.2) is 40.5 Å². The molecule has 0 radical (unpaired) electrons. The van der Waals surface area contributed by atoms with Crippen LogP contribution in [-0.4, -0.2) is 56.7 Å². The van der Waals surface area contributed by atoms with Gasteiger partial charge in [0.1, 0.15) is 0 Å². The molecule has 5 rings (SSSR count). The number of furan rings is 1. The number of rotatable bonds is 5. The molecule has 1 atom stereocenters. The molecule has 2 aliphatic heterocycles. The first kappa shape index (κ1) is 17.6. The van der Waals surface area contributed by atoms with Crippen molar-refractivity contribution < 1.29 is 9.21 Å². The highest BCUT2D eigenvalue weighted by atomic mass is 32.1. The van der Waals surface area contributed by atoms with Gasteiger partial charge in [0.25, 0.3) is 5.91 Å². The van der Waals surface area contributed by atoms with Crippen molar-refractivity contribution in [1.82, 2.24) is 29.9 Å². The van der Waals surface area contributed by atoms with E-state index in [4.69, 9.17) is 4.42 Å². The summed E-state index contributed by atoms with van der Waals surface area (Å²) in [6.07, 6.45) is 3.51. The number of nitrogens with zero attached hydrogens (tertiary/aromatic N) is 5. The Morgan fingerprint density at radius 1 is 1.25 bits per heavy atom. The molecule has 9 heteroatoms. The van der Waals surface area contributed by atoms with E-state index < -0.39 is 0 Å². The second-order valence-electron chi connectivity index (χ2n) is 7.21. The predicted octanol–water partition coefficient (Wildman–Crippen LogP) is 1.74. The number of nitrogens with one attached hydrogen (secondary N) is 1. The molecule has 3 aromatic heterocycles. The number of fused-ring (bicyclic) bond motifs is 3. The third-order valence-corrected chi connectivity index (χ3v) is 6.33. The Morgan fingerprint density at radius 3 is 3.00 bits per heavy atom. The second-order valence-corrected chi connectivity index (χ2v) is 8.25. The van der Waals surface area contributed by atoms with Crippen LogP contribution in [-0.2, 0) is 19.6 Å². The van der Waals surface area contributed by atoms with Gasteiger partial charge in [-0.05, 0) is 17.5 Å². The summed E-state index contributed by atoms with van der Waals surface area (Å²) in [5.74, 6) is 1.15. The van der Waals surface area contributed by atoms with Gasteiger partial charge in [-0.15, -0.1) is 21.5 Å². The maximum Gasteiger partial charge on any atom is 0.289 e. The molecule has 3 aromatic rings. The topological polar surface area (TPSA) is 79.4 Å². The Morgan fingerprint density at radius 2 is 2.18 bits per heavy atom. The lowest BCUT2D eigenvalue weighted by Crippen LogP contribution is -2.52. The van der Waals surface area contributed by atoms with E-state index in [1.165, 1.54) is 5.56 Å². The summed E-state index contributed by atoms with van der Waals surface area (Å²) >= 11 is 1.63. The Kier molecular flexibility index (Phi) is 4.71. The summed E-state index contributed by atoms with van der Waals surface area (Å²) in [7, 11) is 0. The lowest BCUT2D eigenvalue weighted by atomic mass is 10.1. The van der Waals surface area contributed by atoms with E-state index in [0.717, 1.165) is 50.0 Å². The number of amides is 1. The minimum Gasteiger partial charge on any atom is -0.472 e. The predicted molar refractivity (Wildman–Crippen MR) is 104 cm³/mol. The molecule has 1 amide bonds. The fourth-order valence-electron chi connectivity index (χ4n) is 4.01. The van der Waals surface area contributed by atoms with Crippen molar-refractivity contribution in [3.8, 4) is 0 Å². The van der Waals surface area contributed by atoms with Crippen LogP contribution in [0.5, 0.6) is 0 Å². The number of thiophene rings is 1. The largest absolute Gasteiger partial charge is 0.472 e. The maximum absolute atomic E-state index is 12.6. The molecule has 28 heavy (non-hydrogen) atoms. The van der Waals surface area contributed by atoms with Gasteiger partial charge in [0, 0.05) is 49.7 Å². The van der Waals surface area contributed by atoms with Crippen LogP contribution in [0.4, 0.5) is 0 Å². The summed E-state index contributed by atoms with van der Waals surface area (Å²) in [6.45, 7) is 5.94. The maximum atomic E-state index is 12.6. The van der Waals surface area contributed by atoms with E-state index in [9.17, 15) is 4.79 Å². The molecule has 0 spiro atoms. The zero-order chi connectivity index (χ0) is 18.9. The van der Waals surface area contributed by atoms with E-state index in [-0.39, 0.29) is 11.9 Å². The first-order valence-electron chi connectivity index (χ1n) is 9.49. The smallest absolute Gasteiger partial charge is 0.289 e. The molecule has 1 N–H and O–H groups in total. The summed E-state index contributed by atoms with van der Waals surface area (Å²) in [6, 6.07) is 6.17. The molecule has 0 aromatic carbocycles. The van der Waals surface area contributed by atoms with E-state index in [2.05, 4.69) is 25.3 Å². The van der Waals surface area contributed by atoms with Gasteiger partial charge in [-0.3, -0.25) is 14.6 Å². The summed E-state index contributed by atoms with van der Waals surface area (Å²) in [5.41, 5.74) is 1.18. The van der Waals surface area contributed by atoms with E-state index in [0.29, 0.717) is 12.4 Å². The molecule has 0 saturated carbocycles. The Labute approximate surface area is 166 Å². The third-order valence-electron chi connectivity index (χ3n) is 5.46. The van der Waals surface area contributed by atoms with Crippen LogP contribution in [0.2, 0.25) is 0 Å². The van der Waals surface area contributed by atoms with Crippen molar-refractivity contribution in [3.05, 3.63) is 58.2 Å². The van der Waals surface area contributed by atoms with E-state index >= 15 is 0 Å². The Hall–Kier alpha value is -2.49. The Bertz CT molecular complexity index is 936. The van der Waals surface area contributed by atoms with E-state index in [1.54, 1.807) is 23.9 Å². The number of carbonyl (C=O) groups is 1. The molecule has 2 aliphatic rings. The van der Waals surface area contributed by atoms with Gasteiger partial charge in [0.05, 0.1) is 25.1 Å². The number of aromatic nitrogens is 3. The zero-order valence-corrected chi connectivity index (χ0v) is 16.3. The van der Waals surface area contributed by atoms with Crippen molar-refractivity contribution in [3.63, 3.8) is 0 Å². The third kappa shape index (κ3) is 3.36. The normalized spacial score (nSPS) is 19.9. The molecule has 0 bridgehead atoms. The van der Waals surface area contributed by atoms with Crippen molar-refractivity contribution in [2.24, 2.45) is 0 Å². The number of carbonyl (C=O) groups excluding carboxylic acids is 1. The molecule has 0 unspecified atom stereocenters. The molecule has 1 fully saturated rings. The second kappa shape index (κ2) is 7.50. The van der Waals surface area contributed by atoms with Crippen molar-refractivity contribution in [1.29, 1.82) is 0 Å². The highest BCUT2D eigenvalue weighted by Crippen LogP contribution is 2.29. The van der Waals surface area contributed by atoms with Crippen LogP contribution in [0.3, 0.4) is 0 Å². The minimum absolute atomic E-state index is 0.160. The summed E-state index contributed by atoms with van der Waals surface area (Å²) < 4.78 is 7.18. The monoisotopic (exact) mass is 398 g/mol. The SMILES string of the molecule is O=C(NCc1cccs1)c1nnc2n1CCN1CCN(Cc3ccoc3)C[C@@H]21. The van der Waals surface area contributed by atoms with Gasteiger partial charge >= 0.3 is 0 Å². The number of piperazine rings is 1. The van der Waals surface area contributed by atoms with Crippen molar-refractivity contribution in [2.45, 2.75) is 25.7 Å². The minimum atomic E-state index is -0.160. The average molecular weight is 398 g/mol. The van der Waals surface area contributed by atoms with Gasteiger partial charge in [0.2, 0.25) is 5.82 Å². The van der Waals surface area contributed by atoms with Crippen LogP contribution < -0.4 is 5.32 Å². The van der Waals surface area contributed by atoms with E-state index in [1.807, 2.05) is 28.1 Å². The first-order chi connectivity index (χ1) is 13.8. The van der Waals surface area contributed by atoms with Crippen LogP contribution in [0, 0.1) is 0 Å². The summed E-state index contributed by atoms with van der Waals surface area (Å²) in [4.78, 5) is 18.6. The average Bonchev–Trinajstić information content (AvgIpc) is 3.47. The standard InChI is InChI=1S/C19H22N6O2S/c26-19(20-10-15-2-1-9-28-15)18-22-21-17-16-12-23(11-14-3-8-27-13-14)4-5-24(16)6-7-25(17)18/h1-3,8-9,13,16H,4-7,10-12H2,(H,20,26)/t16-/m0/s1. The van der Waals surface area contributed by atoms with Crippen molar-refractivity contribution in [2.75, 3.05) is 26.2 Å². The van der Waals surface area contributed by atoms with Crippen LogP contribution >= 0.6 is 11.3 Å². The quantitative estimate of drug-likeness (QED) is 0.705. The Balaban J connectivity index is 1.30. The molecule has 5 heterocycles. The molecule has 0 aliphatic carbocycles. The van der Waals surface area contributed by atoms with Gasteiger partial charge in [-0.25, -0.2) is 0 Å². The number of hydrogen-bond acceptors (Lipinski definition) is 7.